The molecule has 0 unspecified atom stereocenters. The average Bonchev–Trinajstić information content (AvgIpc) is 3.12. The highest BCUT2D eigenvalue weighted by Gasteiger charge is 2.25. The van der Waals surface area contributed by atoms with Gasteiger partial charge < -0.3 is 14.4 Å². The van der Waals surface area contributed by atoms with Crippen LogP contribution in [-0.2, 0) is 13.0 Å². The Labute approximate surface area is 177 Å². The van der Waals surface area contributed by atoms with Gasteiger partial charge in [-0.15, -0.1) is 11.3 Å². The number of benzene rings is 1. The molecule has 1 fully saturated rings. The van der Waals surface area contributed by atoms with Crippen molar-refractivity contribution in [2.24, 2.45) is 0 Å². The summed E-state index contributed by atoms with van der Waals surface area (Å²) in [7, 11) is 3.30. The lowest BCUT2D eigenvalue weighted by Crippen LogP contribution is -2.48. The maximum atomic E-state index is 13.0. The van der Waals surface area contributed by atoms with Crippen LogP contribution in [0.3, 0.4) is 0 Å². The Kier molecular flexibility index (Phi) is 7.50. The van der Waals surface area contributed by atoms with Crippen LogP contribution in [0.1, 0.15) is 45.7 Å². The van der Waals surface area contributed by atoms with Crippen LogP contribution in [0.15, 0.2) is 18.2 Å². The molecule has 0 radical (unpaired) electrons. The van der Waals surface area contributed by atoms with Gasteiger partial charge in [0.25, 0.3) is 5.91 Å². The number of rotatable bonds is 8. The number of ether oxygens (including phenoxy) is 2. The summed E-state index contributed by atoms with van der Waals surface area (Å²) < 4.78 is 10.7. The number of amides is 1. The van der Waals surface area contributed by atoms with Crippen molar-refractivity contribution in [3.8, 4) is 11.5 Å². The SMILES string of the molecule is CCCCc1nc(C)c(C(=O)N2CCN(Cc3ccc(OC)c(OC)c3)CC2)s1. The van der Waals surface area contributed by atoms with Gasteiger partial charge in [-0.3, -0.25) is 9.69 Å². The molecule has 1 saturated heterocycles. The zero-order chi connectivity index (χ0) is 20.8. The normalized spacial score (nSPS) is 14.8. The van der Waals surface area contributed by atoms with Gasteiger partial charge in [0.1, 0.15) is 4.88 Å². The quantitative estimate of drug-likeness (QED) is 0.654. The fraction of sp³-hybridized carbons (Fsp3) is 0.545. The molecule has 1 aromatic heterocycles. The number of thiazole rings is 1. The van der Waals surface area contributed by atoms with Gasteiger partial charge in [-0.1, -0.05) is 19.4 Å². The first-order valence-corrected chi connectivity index (χ1v) is 11.1. The molecular weight excluding hydrogens is 386 g/mol. The van der Waals surface area contributed by atoms with Gasteiger partial charge in [-0.05, 0) is 37.5 Å². The van der Waals surface area contributed by atoms with Crippen LogP contribution in [0.4, 0.5) is 0 Å². The lowest BCUT2D eigenvalue weighted by atomic mass is 10.1. The molecule has 0 N–H and O–H groups in total. The van der Waals surface area contributed by atoms with Crippen LogP contribution in [0.5, 0.6) is 11.5 Å². The molecular formula is C22H31N3O3S. The van der Waals surface area contributed by atoms with E-state index in [0.29, 0.717) is 0 Å². The topological polar surface area (TPSA) is 54.9 Å². The molecule has 1 aliphatic heterocycles. The Morgan fingerprint density at radius 3 is 2.52 bits per heavy atom. The summed E-state index contributed by atoms with van der Waals surface area (Å²) in [6.07, 6.45) is 3.23. The fourth-order valence-electron chi connectivity index (χ4n) is 3.58. The maximum Gasteiger partial charge on any atom is 0.265 e. The van der Waals surface area contributed by atoms with Crippen LogP contribution in [0.2, 0.25) is 0 Å². The third-order valence-corrected chi connectivity index (χ3v) is 6.50. The lowest BCUT2D eigenvalue weighted by molar-refractivity contribution is 0.0632. The highest BCUT2D eigenvalue weighted by molar-refractivity contribution is 7.13. The average molecular weight is 418 g/mol. The van der Waals surface area contributed by atoms with Gasteiger partial charge in [0.05, 0.1) is 24.9 Å². The summed E-state index contributed by atoms with van der Waals surface area (Å²) in [6.45, 7) is 8.17. The maximum absolute atomic E-state index is 13.0. The Morgan fingerprint density at radius 2 is 1.86 bits per heavy atom. The van der Waals surface area contributed by atoms with Crippen molar-refractivity contribution in [3.63, 3.8) is 0 Å². The molecule has 1 amide bonds. The molecule has 0 atom stereocenters. The number of carbonyl (C=O) groups is 1. The van der Waals surface area contributed by atoms with Crippen molar-refractivity contribution in [3.05, 3.63) is 39.3 Å². The molecule has 3 rings (SSSR count). The van der Waals surface area contributed by atoms with Crippen molar-refractivity contribution >= 4 is 17.2 Å². The van der Waals surface area contributed by atoms with E-state index >= 15 is 0 Å². The standard InChI is InChI=1S/C22H31N3O3S/c1-5-6-7-20-23-16(2)21(29-20)22(26)25-12-10-24(11-13-25)15-17-8-9-18(27-3)19(14-17)28-4/h8-9,14H,5-7,10-13,15H2,1-4H3. The number of carbonyl (C=O) groups excluding carboxylic acids is 1. The van der Waals surface area contributed by atoms with E-state index in [1.807, 2.05) is 24.0 Å². The Morgan fingerprint density at radius 1 is 1.14 bits per heavy atom. The zero-order valence-corrected chi connectivity index (χ0v) is 18.7. The van der Waals surface area contributed by atoms with Crippen LogP contribution in [-0.4, -0.2) is 61.1 Å². The first-order valence-electron chi connectivity index (χ1n) is 10.2. The highest BCUT2D eigenvalue weighted by Crippen LogP contribution is 2.28. The third-order valence-electron chi connectivity index (χ3n) is 5.29. The number of hydrogen-bond acceptors (Lipinski definition) is 6. The van der Waals surface area contributed by atoms with E-state index in [2.05, 4.69) is 22.9 Å². The predicted molar refractivity (Wildman–Crippen MR) is 116 cm³/mol. The minimum absolute atomic E-state index is 0.133. The van der Waals surface area contributed by atoms with Crippen LogP contribution >= 0.6 is 11.3 Å². The predicted octanol–water partition coefficient (Wildman–Crippen LogP) is 3.77. The number of piperazine rings is 1. The molecule has 7 heteroatoms. The van der Waals surface area contributed by atoms with E-state index in [1.165, 1.54) is 5.56 Å². The largest absolute Gasteiger partial charge is 0.493 e. The van der Waals surface area contributed by atoms with E-state index in [-0.39, 0.29) is 5.91 Å². The molecule has 29 heavy (non-hydrogen) atoms. The van der Waals surface area contributed by atoms with Gasteiger partial charge in [0.2, 0.25) is 0 Å². The van der Waals surface area contributed by atoms with E-state index in [4.69, 9.17) is 9.47 Å². The first-order chi connectivity index (χ1) is 14.0. The molecule has 158 valence electrons. The molecule has 1 aromatic carbocycles. The smallest absolute Gasteiger partial charge is 0.265 e. The first kappa shape index (κ1) is 21.6. The van der Waals surface area contributed by atoms with Crippen molar-refractivity contribution in [1.29, 1.82) is 0 Å². The molecule has 2 aromatic rings. The number of methoxy groups -OCH3 is 2. The molecule has 0 bridgehead atoms. The zero-order valence-electron chi connectivity index (χ0n) is 17.9. The lowest BCUT2D eigenvalue weighted by Gasteiger charge is -2.34. The van der Waals surface area contributed by atoms with Crippen LogP contribution in [0.25, 0.3) is 0 Å². The molecule has 0 saturated carbocycles. The van der Waals surface area contributed by atoms with Crippen molar-refractivity contribution < 1.29 is 14.3 Å². The Bertz CT molecular complexity index is 829. The second kappa shape index (κ2) is 10.1. The van der Waals surface area contributed by atoms with E-state index in [1.54, 1.807) is 25.6 Å². The summed E-state index contributed by atoms with van der Waals surface area (Å²) in [4.78, 5) is 22.7. The summed E-state index contributed by atoms with van der Waals surface area (Å²) in [5.41, 5.74) is 2.06. The highest BCUT2D eigenvalue weighted by atomic mass is 32.1. The third kappa shape index (κ3) is 5.28. The summed E-state index contributed by atoms with van der Waals surface area (Å²) >= 11 is 1.57. The van der Waals surface area contributed by atoms with Crippen LogP contribution < -0.4 is 9.47 Å². The van der Waals surface area contributed by atoms with Gasteiger partial charge in [0.15, 0.2) is 11.5 Å². The van der Waals surface area contributed by atoms with Gasteiger partial charge in [-0.2, -0.15) is 0 Å². The second-order valence-corrected chi connectivity index (χ2v) is 8.47. The molecule has 0 spiro atoms. The van der Waals surface area contributed by atoms with Crippen molar-refractivity contribution in [1.82, 2.24) is 14.8 Å². The van der Waals surface area contributed by atoms with E-state index < -0.39 is 0 Å². The molecule has 2 heterocycles. The fourth-order valence-corrected chi connectivity index (χ4v) is 4.65. The van der Waals surface area contributed by atoms with Gasteiger partial charge in [0, 0.05) is 32.7 Å². The number of aromatic nitrogens is 1. The number of nitrogens with zero attached hydrogens (tertiary/aromatic N) is 3. The Hall–Kier alpha value is -2.12. The monoisotopic (exact) mass is 417 g/mol. The molecule has 1 aliphatic rings. The van der Waals surface area contributed by atoms with E-state index in [0.717, 1.165) is 79.1 Å². The molecule has 6 nitrogen and oxygen atoms in total. The van der Waals surface area contributed by atoms with Gasteiger partial charge >= 0.3 is 0 Å². The number of unbranched alkanes of at least 4 members (excludes halogenated alkanes) is 1. The molecule has 0 aliphatic carbocycles. The minimum atomic E-state index is 0.133. The van der Waals surface area contributed by atoms with Crippen molar-refractivity contribution in [2.45, 2.75) is 39.7 Å². The second-order valence-electron chi connectivity index (χ2n) is 7.38. The summed E-state index contributed by atoms with van der Waals surface area (Å²) in [5, 5.41) is 1.08. The van der Waals surface area contributed by atoms with Crippen LogP contribution in [0, 0.1) is 6.92 Å². The summed E-state index contributed by atoms with van der Waals surface area (Å²) in [5.74, 6) is 1.62. The number of hydrogen-bond donors (Lipinski definition) is 0. The number of aryl methyl sites for hydroxylation is 2. The van der Waals surface area contributed by atoms with E-state index in [9.17, 15) is 4.79 Å². The minimum Gasteiger partial charge on any atom is -0.493 e. The summed E-state index contributed by atoms with van der Waals surface area (Å²) in [6, 6.07) is 6.03. The van der Waals surface area contributed by atoms with Gasteiger partial charge in [-0.25, -0.2) is 4.98 Å². The van der Waals surface area contributed by atoms with Crippen molar-refractivity contribution in [2.75, 3.05) is 40.4 Å². The Balaban J connectivity index is 1.56.